The van der Waals surface area contributed by atoms with Crippen LogP contribution in [0, 0.1) is 0 Å². The first-order valence-electron chi connectivity index (χ1n) is 10.1. The van der Waals surface area contributed by atoms with Crippen molar-refractivity contribution in [2.45, 2.75) is 38.5 Å². The maximum Gasteiger partial charge on any atom is 0.255 e. The number of hydrogen-bond acceptors (Lipinski definition) is 8. The van der Waals surface area contributed by atoms with Gasteiger partial charge in [-0.3, -0.25) is 4.79 Å². The number of methoxy groups -OCH3 is 2. The second-order valence-electron chi connectivity index (χ2n) is 6.99. The summed E-state index contributed by atoms with van der Waals surface area (Å²) in [6.45, 7) is 7.04. The highest BCUT2D eigenvalue weighted by atomic mass is 32.2. The standard InChI is InChI=1S/C21H28N6O3S/c1-6-31-21-25-18(24-13(2)3)15-12-23-27(19(15)26-21)11-10-22-20(28)14-8-7-9-16(29-4)17(14)30-5/h7-9,12-13H,6,10-11H2,1-5H3,(H,22,28)(H,24,25,26). The van der Waals surface area contributed by atoms with Crippen LogP contribution in [0.1, 0.15) is 31.1 Å². The van der Waals surface area contributed by atoms with Crippen molar-refractivity contribution < 1.29 is 14.3 Å². The van der Waals surface area contributed by atoms with Crippen LogP contribution < -0.4 is 20.1 Å². The summed E-state index contributed by atoms with van der Waals surface area (Å²) in [6, 6.07) is 5.44. The summed E-state index contributed by atoms with van der Waals surface area (Å²) in [4.78, 5) is 22.0. The largest absolute Gasteiger partial charge is 0.493 e. The third-order valence-electron chi connectivity index (χ3n) is 4.43. The van der Waals surface area contributed by atoms with E-state index in [1.807, 2.05) is 0 Å². The topological polar surface area (TPSA) is 103 Å². The molecule has 3 rings (SSSR count). The molecule has 0 fully saturated rings. The molecule has 0 aliphatic rings. The number of carbonyl (C=O) groups excluding carboxylic acids is 1. The number of ether oxygens (including phenoxy) is 2. The van der Waals surface area contributed by atoms with Gasteiger partial charge in [0.2, 0.25) is 0 Å². The first-order valence-corrected chi connectivity index (χ1v) is 11.1. The van der Waals surface area contributed by atoms with E-state index < -0.39 is 0 Å². The maximum absolute atomic E-state index is 12.7. The van der Waals surface area contributed by atoms with E-state index in [4.69, 9.17) is 9.47 Å². The van der Waals surface area contributed by atoms with Crippen LogP contribution in [-0.4, -0.2) is 58.2 Å². The highest BCUT2D eigenvalue weighted by Gasteiger charge is 2.17. The Morgan fingerprint density at radius 3 is 2.71 bits per heavy atom. The number of hydrogen-bond donors (Lipinski definition) is 2. The number of benzene rings is 1. The predicted molar refractivity (Wildman–Crippen MR) is 122 cm³/mol. The number of carbonyl (C=O) groups is 1. The minimum Gasteiger partial charge on any atom is -0.493 e. The van der Waals surface area contributed by atoms with Crippen molar-refractivity contribution in [2.75, 3.05) is 31.8 Å². The molecule has 3 aromatic rings. The van der Waals surface area contributed by atoms with E-state index >= 15 is 0 Å². The van der Waals surface area contributed by atoms with Gasteiger partial charge in [0, 0.05) is 12.6 Å². The number of para-hydroxylation sites is 1. The Morgan fingerprint density at radius 1 is 1.23 bits per heavy atom. The molecule has 0 saturated carbocycles. The molecule has 31 heavy (non-hydrogen) atoms. The second-order valence-corrected chi connectivity index (χ2v) is 8.22. The quantitative estimate of drug-likeness (QED) is 0.363. The number of thioether (sulfide) groups is 1. The summed E-state index contributed by atoms with van der Waals surface area (Å²) in [5.41, 5.74) is 1.15. The average molecular weight is 445 g/mol. The van der Waals surface area contributed by atoms with Gasteiger partial charge in [0.1, 0.15) is 5.82 Å². The van der Waals surface area contributed by atoms with Gasteiger partial charge < -0.3 is 20.1 Å². The van der Waals surface area contributed by atoms with Crippen LogP contribution >= 0.6 is 11.8 Å². The molecular weight excluding hydrogens is 416 g/mol. The average Bonchev–Trinajstić information content (AvgIpc) is 3.16. The van der Waals surface area contributed by atoms with Crippen molar-refractivity contribution in [3.8, 4) is 11.5 Å². The fourth-order valence-electron chi connectivity index (χ4n) is 3.11. The molecule has 0 aliphatic carbocycles. The second kappa shape index (κ2) is 10.3. The van der Waals surface area contributed by atoms with Crippen molar-refractivity contribution in [3.05, 3.63) is 30.0 Å². The van der Waals surface area contributed by atoms with E-state index in [-0.39, 0.29) is 11.9 Å². The van der Waals surface area contributed by atoms with E-state index in [2.05, 4.69) is 46.5 Å². The highest BCUT2D eigenvalue weighted by molar-refractivity contribution is 7.99. The number of aromatic nitrogens is 4. The normalized spacial score (nSPS) is 11.0. The predicted octanol–water partition coefficient (Wildman–Crippen LogP) is 3.21. The molecule has 1 amide bonds. The highest BCUT2D eigenvalue weighted by Crippen LogP contribution is 2.30. The Balaban J connectivity index is 1.77. The molecule has 10 heteroatoms. The number of nitrogens with one attached hydrogen (secondary N) is 2. The van der Waals surface area contributed by atoms with Crippen molar-refractivity contribution in [3.63, 3.8) is 0 Å². The molecular formula is C21H28N6O3S. The molecule has 0 bridgehead atoms. The lowest BCUT2D eigenvalue weighted by Crippen LogP contribution is -2.28. The summed E-state index contributed by atoms with van der Waals surface area (Å²) in [5.74, 6) is 2.32. The summed E-state index contributed by atoms with van der Waals surface area (Å²) in [6.07, 6.45) is 1.76. The molecule has 2 heterocycles. The third-order valence-corrected chi connectivity index (χ3v) is 5.16. The summed E-state index contributed by atoms with van der Waals surface area (Å²) >= 11 is 1.58. The van der Waals surface area contributed by atoms with Crippen molar-refractivity contribution >= 4 is 34.5 Å². The number of fused-ring (bicyclic) bond motifs is 1. The van der Waals surface area contributed by atoms with Crippen molar-refractivity contribution in [2.24, 2.45) is 0 Å². The van der Waals surface area contributed by atoms with Crippen molar-refractivity contribution in [1.29, 1.82) is 0 Å². The lowest BCUT2D eigenvalue weighted by atomic mass is 10.1. The summed E-state index contributed by atoms with van der Waals surface area (Å²) in [7, 11) is 3.05. The maximum atomic E-state index is 12.7. The van der Waals surface area contributed by atoms with Gasteiger partial charge in [-0.1, -0.05) is 24.8 Å². The van der Waals surface area contributed by atoms with Crippen LogP contribution in [-0.2, 0) is 6.54 Å². The molecule has 0 radical (unpaired) electrons. The SMILES string of the molecule is CCSc1nc(NC(C)C)c2cnn(CCNC(=O)c3cccc(OC)c3OC)c2n1. The Labute approximate surface area is 185 Å². The minimum atomic E-state index is -0.244. The van der Waals surface area contributed by atoms with Gasteiger partial charge in [-0.2, -0.15) is 5.10 Å². The first-order chi connectivity index (χ1) is 15.0. The van der Waals surface area contributed by atoms with Crippen LogP contribution in [0.25, 0.3) is 11.0 Å². The van der Waals surface area contributed by atoms with Gasteiger partial charge in [0.15, 0.2) is 22.3 Å². The van der Waals surface area contributed by atoms with E-state index in [1.165, 1.54) is 14.2 Å². The Kier molecular flexibility index (Phi) is 7.56. The van der Waals surface area contributed by atoms with Gasteiger partial charge >= 0.3 is 0 Å². The molecule has 0 spiro atoms. The van der Waals surface area contributed by atoms with Gasteiger partial charge in [-0.05, 0) is 31.7 Å². The zero-order valence-electron chi connectivity index (χ0n) is 18.4. The van der Waals surface area contributed by atoms with E-state index in [9.17, 15) is 4.79 Å². The number of rotatable bonds is 10. The monoisotopic (exact) mass is 444 g/mol. The van der Waals surface area contributed by atoms with Crippen LogP contribution in [0.5, 0.6) is 11.5 Å². The third kappa shape index (κ3) is 5.19. The summed E-state index contributed by atoms with van der Waals surface area (Å²) in [5, 5.41) is 12.3. The van der Waals surface area contributed by atoms with Crippen LogP contribution in [0.3, 0.4) is 0 Å². The molecule has 0 unspecified atom stereocenters. The van der Waals surface area contributed by atoms with Crippen molar-refractivity contribution in [1.82, 2.24) is 25.1 Å². The van der Waals surface area contributed by atoms with Crippen LogP contribution in [0.15, 0.2) is 29.6 Å². The van der Waals surface area contributed by atoms with E-state index in [0.717, 1.165) is 22.6 Å². The van der Waals surface area contributed by atoms with E-state index in [1.54, 1.807) is 40.8 Å². The Hall–Kier alpha value is -3.01. The summed E-state index contributed by atoms with van der Waals surface area (Å²) < 4.78 is 12.4. The fourth-order valence-corrected chi connectivity index (χ4v) is 3.68. The van der Waals surface area contributed by atoms with Crippen LogP contribution in [0.4, 0.5) is 5.82 Å². The zero-order chi connectivity index (χ0) is 22.4. The molecule has 1 aromatic carbocycles. The molecule has 0 aliphatic heterocycles. The number of anilines is 1. The molecule has 166 valence electrons. The molecule has 2 aromatic heterocycles. The smallest absolute Gasteiger partial charge is 0.255 e. The van der Waals surface area contributed by atoms with Gasteiger partial charge in [0.05, 0.1) is 37.9 Å². The Bertz CT molecular complexity index is 1050. The zero-order valence-corrected chi connectivity index (χ0v) is 19.2. The number of amides is 1. The molecule has 0 saturated heterocycles. The Morgan fingerprint density at radius 2 is 2.03 bits per heavy atom. The fraction of sp³-hybridized carbons (Fsp3) is 0.429. The van der Waals surface area contributed by atoms with Gasteiger partial charge in [-0.25, -0.2) is 14.6 Å². The van der Waals surface area contributed by atoms with Gasteiger partial charge in [0.25, 0.3) is 5.91 Å². The number of nitrogens with zero attached hydrogens (tertiary/aromatic N) is 4. The van der Waals surface area contributed by atoms with Gasteiger partial charge in [-0.15, -0.1) is 0 Å². The first kappa shape index (κ1) is 22.7. The minimum absolute atomic E-state index is 0.234. The lowest BCUT2D eigenvalue weighted by molar-refractivity contribution is 0.0948. The molecule has 2 N–H and O–H groups in total. The van der Waals surface area contributed by atoms with Crippen LogP contribution in [0.2, 0.25) is 0 Å². The molecule has 0 atom stereocenters. The van der Waals surface area contributed by atoms with E-state index in [0.29, 0.717) is 35.3 Å². The molecule has 9 nitrogen and oxygen atoms in total. The lowest BCUT2D eigenvalue weighted by Gasteiger charge is -2.13.